The molecule has 0 aromatic heterocycles. The van der Waals surface area contributed by atoms with Crippen LogP contribution >= 0.6 is 0 Å². The molecule has 0 fully saturated rings. The summed E-state index contributed by atoms with van der Waals surface area (Å²) in [4.78, 5) is 0. The molecule has 1 N–H and O–H groups in total. The molecule has 0 amide bonds. The minimum Gasteiger partial charge on any atom is -0.390 e. The third-order valence-electron chi connectivity index (χ3n) is 2.21. The second kappa shape index (κ2) is 6.02. The second-order valence-corrected chi connectivity index (χ2v) is 4.02. The zero-order valence-electron chi connectivity index (χ0n) is 8.90. The molecule has 0 rings (SSSR count). The third-order valence-corrected chi connectivity index (χ3v) is 2.21. The van der Waals surface area contributed by atoms with Crippen molar-refractivity contribution in [3.63, 3.8) is 0 Å². The molecule has 88 valence electrons. The van der Waals surface area contributed by atoms with E-state index in [0.29, 0.717) is 19.3 Å². The fourth-order valence-electron chi connectivity index (χ4n) is 1.37. The highest BCUT2D eigenvalue weighted by molar-refractivity contribution is 4.84. The van der Waals surface area contributed by atoms with Gasteiger partial charge in [0.15, 0.2) is 0 Å². The predicted octanol–water partition coefficient (Wildman–Crippen LogP) is 3.27. The third kappa shape index (κ3) is 9.61. The Morgan fingerprint density at radius 1 is 1.13 bits per heavy atom. The minimum atomic E-state index is -4.13. The largest absolute Gasteiger partial charge is 0.390 e. The van der Waals surface area contributed by atoms with Crippen molar-refractivity contribution in [2.75, 3.05) is 0 Å². The quantitative estimate of drug-likeness (QED) is 0.540. The number of halogens is 3. The van der Waals surface area contributed by atoms with E-state index in [-0.39, 0.29) is 12.8 Å². The van der Waals surface area contributed by atoms with Crippen LogP contribution in [0.5, 0.6) is 0 Å². The van der Waals surface area contributed by atoms with Crippen molar-refractivity contribution in [1.29, 1.82) is 0 Å². The molecule has 1 unspecified atom stereocenters. The molecule has 0 heterocycles. The van der Waals surface area contributed by atoms with Crippen LogP contribution in [0.4, 0.5) is 13.2 Å². The maximum atomic E-state index is 11.8. The monoisotopic (exact) mass is 222 g/mol. The van der Waals surface area contributed by atoms with E-state index in [2.05, 4.69) is 5.92 Å². The molecular weight excluding hydrogens is 205 g/mol. The molecule has 4 heteroatoms. The zero-order valence-corrected chi connectivity index (χ0v) is 8.90. The highest BCUT2D eigenvalue weighted by Crippen LogP contribution is 2.26. The summed E-state index contributed by atoms with van der Waals surface area (Å²) in [6, 6.07) is 0. The molecule has 1 nitrogen and oxygen atoms in total. The number of rotatable bonds is 6. The first-order valence-electron chi connectivity index (χ1n) is 4.99. The van der Waals surface area contributed by atoms with Gasteiger partial charge >= 0.3 is 6.18 Å². The number of hydrogen-bond donors (Lipinski definition) is 1. The first-order valence-corrected chi connectivity index (χ1v) is 4.99. The minimum absolute atomic E-state index is 0.0352. The molecule has 15 heavy (non-hydrogen) atoms. The number of terminal acetylenes is 1. The van der Waals surface area contributed by atoms with Crippen LogP contribution in [0.25, 0.3) is 0 Å². The van der Waals surface area contributed by atoms with E-state index in [1.54, 1.807) is 6.92 Å². The molecular formula is C11H17F3O. The molecule has 0 saturated heterocycles. The maximum Gasteiger partial charge on any atom is 0.389 e. The fraction of sp³-hybridized carbons (Fsp3) is 0.818. The van der Waals surface area contributed by atoms with Crippen molar-refractivity contribution in [2.45, 2.75) is 57.2 Å². The number of alkyl halides is 3. The van der Waals surface area contributed by atoms with Gasteiger partial charge in [-0.25, -0.2) is 0 Å². The first-order chi connectivity index (χ1) is 6.77. The van der Waals surface area contributed by atoms with Gasteiger partial charge in [0.1, 0.15) is 0 Å². The zero-order chi connectivity index (χ0) is 11.9. The van der Waals surface area contributed by atoms with E-state index in [1.165, 1.54) is 0 Å². The van der Waals surface area contributed by atoms with Crippen molar-refractivity contribution >= 4 is 0 Å². The molecule has 1 atom stereocenters. The van der Waals surface area contributed by atoms with Crippen molar-refractivity contribution in [1.82, 2.24) is 0 Å². The van der Waals surface area contributed by atoms with Gasteiger partial charge in [-0.15, -0.1) is 12.3 Å². The van der Waals surface area contributed by atoms with Crippen LogP contribution in [0.1, 0.15) is 45.4 Å². The predicted molar refractivity (Wildman–Crippen MR) is 53.2 cm³/mol. The molecule has 0 aliphatic carbocycles. The lowest BCUT2D eigenvalue weighted by Crippen LogP contribution is -2.24. The van der Waals surface area contributed by atoms with Gasteiger partial charge in [-0.3, -0.25) is 0 Å². The van der Waals surface area contributed by atoms with Crippen LogP contribution in [0, 0.1) is 12.3 Å². The number of unbranched alkanes of at least 4 members (excludes halogenated alkanes) is 1. The van der Waals surface area contributed by atoms with Crippen molar-refractivity contribution in [2.24, 2.45) is 0 Å². The molecule has 0 spiro atoms. The molecule has 0 aromatic carbocycles. The molecule has 0 aliphatic heterocycles. The Kier molecular flexibility index (Phi) is 5.74. The van der Waals surface area contributed by atoms with Gasteiger partial charge in [0.2, 0.25) is 0 Å². The van der Waals surface area contributed by atoms with Crippen LogP contribution in [0.3, 0.4) is 0 Å². The lowest BCUT2D eigenvalue weighted by molar-refractivity contribution is -0.137. The maximum absolute atomic E-state index is 11.8. The molecule has 0 aromatic rings. The van der Waals surface area contributed by atoms with Gasteiger partial charge in [-0.1, -0.05) is 0 Å². The standard InChI is InChI=1S/C11H17F3O/c1-3-4-5-7-10(2,15)8-6-9-11(12,13)14/h1,15H,4-9H2,2H3. The van der Waals surface area contributed by atoms with Crippen LogP contribution < -0.4 is 0 Å². The van der Waals surface area contributed by atoms with Gasteiger partial charge in [0, 0.05) is 12.8 Å². The van der Waals surface area contributed by atoms with E-state index >= 15 is 0 Å². The number of aliphatic hydroxyl groups is 1. The summed E-state index contributed by atoms with van der Waals surface area (Å²) in [5, 5.41) is 9.70. The molecule has 0 aliphatic rings. The Balaban J connectivity index is 3.70. The Bertz CT molecular complexity index is 213. The number of hydrogen-bond acceptors (Lipinski definition) is 1. The first kappa shape index (κ1) is 14.3. The SMILES string of the molecule is C#CCCCC(C)(O)CCCC(F)(F)F. The summed E-state index contributed by atoms with van der Waals surface area (Å²) < 4.78 is 35.5. The van der Waals surface area contributed by atoms with Crippen molar-refractivity contribution in [3.8, 4) is 12.3 Å². The van der Waals surface area contributed by atoms with E-state index < -0.39 is 18.2 Å². The normalized spacial score (nSPS) is 15.7. The smallest absolute Gasteiger partial charge is 0.389 e. The van der Waals surface area contributed by atoms with Gasteiger partial charge in [-0.2, -0.15) is 13.2 Å². The van der Waals surface area contributed by atoms with Crippen molar-refractivity contribution < 1.29 is 18.3 Å². The summed E-state index contributed by atoms with van der Waals surface area (Å²) in [5.41, 5.74) is -1.03. The van der Waals surface area contributed by atoms with E-state index in [9.17, 15) is 18.3 Å². The Morgan fingerprint density at radius 3 is 2.13 bits per heavy atom. The summed E-state index contributed by atoms with van der Waals surface area (Å²) in [6.07, 6.45) is 1.85. The highest BCUT2D eigenvalue weighted by atomic mass is 19.4. The summed E-state index contributed by atoms with van der Waals surface area (Å²) in [6.45, 7) is 1.56. The summed E-state index contributed by atoms with van der Waals surface area (Å²) >= 11 is 0. The topological polar surface area (TPSA) is 20.2 Å². The Hall–Kier alpha value is -0.690. The lowest BCUT2D eigenvalue weighted by Gasteiger charge is -2.23. The van der Waals surface area contributed by atoms with Gasteiger partial charge in [0.25, 0.3) is 0 Å². The van der Waals surface area contributed by atoms with Gasteiger partial charge in [0.05, 0.1) is 5.60 Å². The van der Waals surface area contributed by atoms with Crippen LogP contribution in [0.2, 0.25) is 0 Å². The van der Waals surface area contributed by atoms with E-state index in [0.717, 1.165) is 0 Å². The van der Waals surface area contributed by atoms with Crippen LogP contribution in [0.15, 0.2) is 0 Å². The molecule has 0 bridgehead atoms. The van der Waals surface area contributed by atoms with Gasteiger partial charge in [-0.05, 0) is 32.6 Å². The van der Waals surface area contributed by atoms with E-state index in [1.807, 2.05) is 0 Å². The molecule has 0 radical (unpaired) electrons. The fourth-order valence-corrected chi connectivity index (χ4v) is 1.37. The average Bonchev–Trinajstić information content (AvgIpc) is 2.01. The average molecular weight is 222 g/mol. The van der Waals surface area contributed by atoms with Gasteiger partial charge < -0.3 is 5.11 Å². The summed E-state index contributed by atoms with van der Waals surface area (Å²) in [5.74, 6) is 2.43. The molecule has 0 saturated carbocycles. The van der Waals surface area contributed by atoms with Crippen LogP contribution in [-0.4, -0.2) is 16.9 Å². The Labute approximate surface area is 88.7 Å². The Morgan fingerprint density at radius 2 is 1.67 bits per heavy atom. The highest BCUT2D eigenvalue weighted by Gasteiger charge is 2.28. The van der Waals surface area contributed by atoms with E-state index in [4.69, 9.17) is 6.42 Å². The van der Waals surface area contributed by atoms with Crippen LogP contribution in [-0.2, 0) is 0 Å². The van der Waals surface area contributed by atoms with Crippen molar-refractivity contribution in [3.05, 3.63) is 0 Å². The second-order valence-electron chi connectivity index (χ2n) is 4.02. The summed E-state index contributed by atoms with van der Waals surface area (Å²) in [7, 11) is 0. The lowest BCUT2D eigenvalue weighted by atomic mass is 9.93.